The second kappa shape index (κ2) is 28.0. The van der Waals surface area contributed by atoms with Crippen LogP contribution in [0.4, 0.5) is 39.5 Å². The molecule has 3 amide bonds. The van der Waals surface area contributed by atoms with Gasteiger partial charge in [-0.15, -0.1) is 0 Å². The summed E-state index contributed by atoms with van der Waals surface area (Å²) >= 11 is 3.38. The maximum Gasteiger partial charge on any atom is 0.405 e. The number of imidazole rings is 5. The van der Waals surface area contributed by atoms with Crippen LogP contribution in [0.15, 0.2) is 139 Å². The quantitative estimate of drug-likeness (QED) is 0.0720. The monoisotopic (exact) mass is 1380 g/mol. The van der Waals surface area contributed by atoms with Gasteiger partial charge < -0.3 is 53.5 Å². The summed E-state index contributed by atoms with van der Waals surface area (Å²) in [6, 6.07) is 26.2. The molecule has 6 aromatic carbocycles. The van der Waals surface area contributed by atoms with Gasteiger partial charge in [0.05, 0.1) is 111 Å². The Morgan fingerprint density at radius 1 is 0.426 bits per heavy atom. The molecule has 0 unspecified atom stereocenters. The minimum Gasteiger partial charge on any atom is -0.496 e. The van der Waals surface area contributed by atoms with Crippen LogP contribution in [0.25, 0.3) is 61.5 Å². The second-order valence-corrected chi connectivity index (χ2v) is 21.1. The van der Waals surface area contributed by atoms with E-state index in [1.165, 1.54) is 54.8 Å². The molecule has 0 atom stereocenters. The van der Waals surface area contributed by atoms with Gasteiger partial charge >= 0.3 is 18.5 Å². The molecule has 11 aromatic rings. The lowest BCUT2D eigenvalue weighted by Gasteiger charge is -2.16. The van der Waals surface area contributed by atoms with Gasteiger partial charge in [-0.25, -0.2) is 24.9 Å². The topological polar surface area (TPSA) is 232 Å². The molecule has 0 aliphatic rings. The van der Waals surface area contributed by atoms with Gasteiger partial charge in [-0.05, 0) is 68.4 Å². The standard InChI is InChI=1S/2C22H20F3N5O3.C18H15BrF3N3O3/c1-13-9-29(11-27-13)14-4-5-17-16(6-14)28-12-30(17)15-7-18(32-2)20(19(8-15)33-3)21(31)26-10-22(23,24)25;1-13-9-26-11-29(13)14-4-5-17-16(6-14)28-12-30(17)15-7-18(32-2)20(19(8-15)33-3)21(31)27-10-22(23,24)25;1-27-14-6-11(25-9-24-12-5-10(19)3-4-13(12)25)7-15(28-2)16(14)17(26)23-8-18(20,21)22/h4-9,11-12H,10H2,1-3H3,(H,26,31);4-9,11-12H,10H2,1-3H3,(H,27,31);3-7,9H,8H2,1-2H3,(H,23,26). The maximum atomic E-state index is 12.5. The second-order valence-electron chi connectivity index (χ2n) is 20.2. The third-order valence-corrected chi connectivity index (χ3v) is 14.5. The highest BCUT2D eigenvalue weighted by Gasteiger charge is 2.33. The molecule has 0 bridgehead atoms. The van der Waals surface area contributed by atoms with E-state index in [9.17, 15) is 53.9 Å². The number of fused-ring (bicyclic) bond motifs is 3. The van der Waals surface area contributed by atoms with Crippen molar-refractivity contribution in [1.82, 2.24) is 63.7 Å². The molecule has 11 rings (SSSR count). The number of carbonyl (C=O) groups excluding carboxylic acids is 3. The van der Waals surface area contributed by atoms with Crippen LogP contribution >= 0.6 is 15.9 Å². The van der Waals surface area contributed by atoms with Crippen molar-refractivity contribution < 1.29 is 82.3 Å². The van der Waals surface area contributed by atoms with E-state index < -0.39 is 55.9 Å². The Hall–Kier alpha value is -10.8. The molecule has 22 nitrogen and oxygen atoms in total. The molecular weight excluding hydrogens is 1320 g/mol. The first-order valence-electron chi connectivity index (χ1n) is 27.6. The van der Waals surface area contributed by atoms with Gasteiger partial charge in [0.15, 0.2) is 0 Å². The first-order valence-corrected chi connectivity index (χ1v) is 28.4. The van der Waals surface area contributed by atoms with Crippen LogP contribution in [-0.2, 0) is 0 Å². The highest BCUT2D eigenvalue weighted by Crippen LogP contribution is 2.38. The number of alkyl halides is 9. The molecule has 0 saturated heterocycles. The zero-order valence-corrected chi connectivity index (χ0v) is 52.3. The zero-order valence-electron chi connectivity index (χ0n) is 50.7. The number of carbonyl (C=O) groups is 3. The summed E-state index contributed by atoms with van der Waals surface area (Å²) in [6.45, 7) is -0.547. The van der Waals surface area contributed by atoms with E-state index in [1.807, 2.05) is 99.7 Å². The van der Waals surface area contributed by atoms with Crippen molar-refractivity contribution in [2.24, 2.45) is 0 Å². The van der Waals surface area contributed by atoms with Crippen molar-refractivity contribution >= 4 is 66.8 Å². The fraction of sp³-hybridized carbons (Fsp3) is 0.226. The molecule has 94 heavy (non-hydrogen) atoms. The zero-order chi connectivity index (χ0) is 68.0. The van der Waals surface area contributed by atoms with Crippen molar-refractivity contribution in [2.45, 2.75) is 32.4 Å². The summed E-state index contributed by atoms with van der Waals surface area (Å²) in [6.07, 6.45) is -1.73. The normalized spacial score (nSPS) is 11.6. The maximum absolute atomic E-state index is 12.5. The van der Waals surface area contributed by atoms with E-state index in [0.717, 1.165) is 49.3 Å². The number of aryl methyl sites for hydroxylation is 2. The van der Waals surface area contributed by atoms with Crippen LogP contribution in [0.2, 0.25) is 0 Å². The molecule has 0 saturated carbocycles. The van der Waals surface area contributed by atoms with Crippen LogP contribution in [0, 0.1) is 13.8 Å². The molecule has 492 valence electrons. The van der Waals surface area contributed by atoms with Crippen LogP contribution in [0.1, 0.15) is 42.5 Å². The smallest absolute Gasteiger partial charge is 0.405 e. The summed E-state index contributed by atoms with van der Waals surface area (Å²) in [5.41, 5.74) is 9.46. The van der Waals surface area contributed by atoms with E-state index in [-0.39, 0.29) is 51.2 Å². The van der Waals surface area contributed by atoms with Gasteiger partial charge in [0.2, 0.25) is 0 Å². The molecule has 0 aliphatic heterocycles. The number of benzene rings is 6. The van der Waals surface area contributed by atoms with Crippen LogP contribution in [0.5, 0.6) is 34.5 Å². The average Bonchev–Trinajstić information content (AvgIpc) is 1.53. The molecule has 0 fully saturated rings. The highest BCUT2D eigenvalue weighted by atomic mass is 79.9. The third kappa shape index (κ3) is 15.4. The molecule has 3 N–H and O–H groups in total. The Morgan fingerprint density at radius 3 is 1.09 bits per heavy atom. The number of amides is 3. The molecule has 0 spiro atoms. The largest absolute Gasteiger partial charge is 0.496 e. The number of nitrogens with one attached hydrogen (secondary N) is 3. The predicted molar refractivity (Wildman–Crippen MR) is 329 cm³/mol. The van der Waals surface area contributed by atoms with E-state index in [0.29, 0.717) is 28.1 Å². The Kier molecular flexibility index (Phi) is 20.1. The molecular formula is C62H55BrF9N13O9. The summed E-state index contributed by atoms with van der Waals surface area (Å²) in [4.78, 5) is 58.8. The fourth-order valence-electron chi connectivity index (χ4n) is 9.70. The molecule has 5 heterocycles. The Bertz CT molecular complexity index is 4520. The number of aromatic nitrogens is 10. The number of halogens is 10. The number of ether oxygens (including phenoxy) is 6. The van der Waals surface area contributed by atoms with Crippen LogP contribution < -0.4 is 44.4 Å². The van der Waals surface area contributed by atoms with Crippen molar-refractivity contribution in [3.05, 3.63) is 168 Å². The van der Waals surface area contributed by atoms with Crippen molar-refractivity contribution in [1.29, 1.82) is 0 Å². The SMILES string of the molecule is COc1cc(-n2cnc3cc(-n4cnc(C)c4)ccc32)cc(OC)c1C(=O)NCC(F)(F)F.COc1cc(-n2cnc3cc(-n4cncc4C)ccc32)cc(OC)c1C(=O)NCC(F)(F)F.COc1cc(-n2cnc3cc(Br)ccc32)cc(OC)c1C(=O)NCC(F)(F)F. The van der Waals surface area contributed by atoms with Crippen molar-refractivity contribution in [2.75, 3.05) is 62.3 Å². The van der Waals surface area contributed by atoms with Gasteiger partial charge in [0.25, 0.3) is 17.7 Å². The van der Waals surface area contributed by atoms with Crippen molar-refractivity contribution in [3.8, 4) is 62.9 Å². The summed E-state index contributed by atoms with van der Waals surface area (Å²) < 4.78 is 154. The molecule has 32 heteroatoms. The average molecular weight is 1380 g/mol. The Morgan fingerprint density at radius 2 is 0.766 bits per heavy atom. The van der Waals surface area contributed by atoms with Gasteiger partial charge in [0, 0.05) is 70.3 Å². The predicted octanol–water partition coefficient (Wildman–Crippen LogP) is 11.8. The molecule has 0 radical (unpaired) electrons. The summed E-state index contributed by atoms with van der Waals surface area (Å²) in [7, 11) is 7.94. The van der Waals surface area contributed by atoms with E-state index in [4.69, 9.17) is 28.4 Å². The number of hydrogen-bond acceptors (Lipinski definition) is 14. The minimum atomic E-state index is -4.54. The lowest BCUT2D eigenvalue weighted by Crippen LogP contribution is -2.34. The molecule has 0 aliphatic carbocycles. The number of methoxy groups -OCH3 is 6. The van der Waals surface area contributed by atoms with E-state index in [1.54, 1.807) is 75.8 Å². The summed E-state index contributed by atoms with van der Waals surface area (Å²) in [5, 5.41) is 5.52. The van der Waals surface area contributed by atoms with Crippen molar-refractivity contribution in [3.63, 3.8) is 0 Å². The fourth-order valence-corrected chi connectivity index (χ4v) is 10.0. The van der Waals surface area contributed by atoms with Gasteiger partial charge in [-0.3, -0.25) is 28.1 Å². The minimum absolute atomic E-state index is 0.0661. The first kappa shape index (κ1) is 67.6. The Balaban J connectivity index is 0.000000167. The highest BCUT2D eigenvalue weighted by molar-refractivity contribution is 9.10. The first-order chi connectivity index (χ1) is 44.6. The van der Waals surface area contributed by atoms with Gasteiger partial charge in [-0.1, -0.05) is 15.9 Å². The number of hydrogen-bond donors (Lipinski definition) is 3. The lowest BCUT2D eigenvalue weighted by atomic mass is 10.1. The van der Waals surface area contributed by atoms with Gasteiger partial charge in [-0.2, -0.15) is 39.5 Å². The number of rotatable bonds is 17. The Labute approximate surface area is 535 Å². The van der Waals surface area contributed by atoms with E-state index in [2.05, 4.69) is 40.8 Å². The van der Waals surface area contributed by atoms with Crippen LogP contribution in [-0.4, -0.2) is 146 Å². The molecule has 5 aromatic heterocycles. The lowest BCUT2D eigenvalue weighted by molar-refractivity contribution is -0.123. The summed E-state index contributed by atoms with van der Waals surface area (Å²) in [5.74, 6) is -2.44. The third-order valence-electron chi connectivity index (χ3n) is 14.0. The van der Waals surface area contributed by atoms with Crippen LogP contribution in [0.3, 0.4) is 0 Å². The van der Waals surface area contributed by atoms with E-state index >= 15 is 0 Å². The van der Waals surface area contributed by atoms with Gasteiger partial charge in [0.1, 0.15) is 89.8 Å². The number of nitrogens with zero attached hydrogens (tertiary/aromatic N) is 10.